The Kier molecular flexibility index (Phi) is 3.12. The highest BCUT2D eigenvalue weighted by Crippen LogP contribution is 2.38. The smallest absolute Gasteiger partial charge is 0.0586 e. The standard InChI is InChI=1S/C14H18ClNO/c15-12-4-1-3-11(7-12)14(9-17-10-14)8-13-5-2-6-16-13/h1,3-4,7,13,16H,2,5-6,8-10H2. The summed E-state index contributed by atoms with van der Waals surface area (Å²) >= 11 is 6.09. The van der Waals surface area contributed by atoms with E-state index >= 15 is 0 Å². The van der Waals surface area contributed by atoms with Crippen LogP contribution in [0.4, 0.5) is 0 Å². The molecule has 2 nitrogen and oxygen atoms in total. The van der Waals surface area contributed by atoms with Gasteiger partial charge in [0.1, 0.15) is 0 Å². The van der Waals surface area contributed by atoms with E-state index in [1.807, 2.05) is 12.1 Å². The minimum Gasteiger partial charge on any atom is -0.379 e. The Morgan fingerprint density at radius 2 is 2.29 bits per heavy atom. The van der Waals surface area contributed by atoms with E-state index in [0.29, 0.717) is 6.04 Å². The highest BCUT2D eigenvalue weighted by Gasteiger charge is 2.42. The van der Waals surface area contributed by atoms with Crippen LogP contribution in [0, 0.1) is 0 Å². The van der Waals surface area contributed by atoms with Crippen molar-refractivity contribution >= 4 is 11.6 Å². The van der Waals surface area contributed by atoms with Gasteiger partial charge in [-0.15, -0.1) is 0 Å². The van der Waals surface area contributed by atoms with Gasteiger partial charge >= 0.3 is 0 Å². The molecule has 92 valence electrons. The molecule has 2 fully saturated rings. The second-order valence-corrected chi connectivity index (χ2v) is 5.72. The van der Waals surface area contributed by atoms with E-state index in [9.17, 15) is 0 Å². The van der Waals surface area contributed by atoms with Gasteiger partial charge in [-0.05, 0) is 43.5 Å². The summed E-state index contributed by atoms with van der Waals surface area (Å²) in [6, 6.07) is 8.91. The van der Waals surface area contributed by atoms with Crippen molar-refractivity contribution in [3.05, 3.63) is 34.9 Å². The number of benzene rings is 1. The Morgan fingerprint density at radius 1 is 1.41 bits per heavy atom. The molecule has 1 atom stereocenters. The third-order valence-electron chi connectivity index (χ3n) is 3.99. The molecule has 2 heterocycles. The first-order valence-corrected chi connectivity index (χ1v) is 6.74. The second-order valence-electron chi connectivity index (χ2n) is 5.28. The van der Waals surface area contributed by atoms with Gasteiger partial charge in [-0.1, -0.05) is 23.7 Å². The molecule has 3 rings (SSSR count). The molecule has 0 radical (unpaired) electrons. The summed E-state index contributed by atoms with van der Waals surface area (Å²) < 4.78 is 5.47. The molecule has 0 saturated carbocycles. The van der Waals surface area contributed by atoms with Crippen molar-refractivity contribution in [3.8, 4) is 0 Å². The van der Waals surface area contributed by atoms with Crippen LogP contribution in [0.3, 0.4) is 0 Å². The quantitative estimate of drug-likeness (QED) is 0.892. The van der Waals surface area contributed by atoms with Crippen LogP contribution in [0.25, 0.3) is 0 Å². The number of ether oxygens (including phenoxy) is 1. The average molecular weight is 252 g/mol. The van der Waals surface area contributed by atoms with Gasteiger partial charge in [0, 0.05) is 16.5 Å². The van der Waals surface area contributed by atoms with E-state index in [1.165, 1.54) is 24.8 Å². The van der Waals surface area contributed by atoms with Crippen LogP contribution in [0.1, 0.15) is 24.8 Å². The summed E-state index contributed by atoms with van der Waals surface area (Å²) in [5.41, 5.74) is 1.54. The zero-order valence-corrected chi connectivity index (χ0v) is 10.7. The van der Waals surface area contributed by atoms with Gasteiger partial charge in [0.05, 0.1) is 13.2 Å². The van der Waals surface area contributed by atoms with Gasteiger partial charge in [0.2, 0.25) is 0 Å². The van der Waals surface area contributed by atoms with E-state index in [0.717, 1.165) is 24.8 Å². The molecule has 2 aliphatic heterocycles. The fourth-order valence-electron chi connectivity index (χ4n) is 2.97. The van der Waals surface area contributed by atoms with Crippen LogP contribution < -0.4 is 5.32 Å². The first-order valence-electron chi connectivity index (χ1n) is 6.36. The predicted molar refractivity (Wildman–Crippen MR) is 69.6 cm³/mol. The molecule has 2 saturated heterocycles. The number of halogens is 1. The minimum atomic E-state index is 0.201. The van der Waals surface area contributed by atoms with Crippen LogP contribution in [0.5, 0.6) is 0 Å². The Hall–Kier alpha value is -0.570. The largest absolute Gasteiger partial charge is 0.379 e. The molecule has 0 amide bonds. The molecule has 17 heavy (non-hydrogen) atoms. The van der Waals surface area contributed by atoms with Gasteiger partial charge in [0.15, 0.2) is 0 Å². The van der Waals surface area contributed by atoms with Gasteiger partial charge in [-0.3, -0.25) is 0 Å². The van der Waals surface area contributed by atoms with Gasteiger partial charge in [0.25, 0.3) is 0 Å². The SMILES string of the molecule is Clc1cccc(C2(CC3CCCN3)COC2)c1. The van der Waals surface area contributed by atoms with Crippen LogP contribution in [0.15, 0.2) is 24.3 Å². The van der Waals surface area contributed by atoms with Gasteiger partial charge in [-0.2, -0.15) is 0 Å². The third kappa shape index (κ3) is 2.22. The fraction of sp³-hybridized carbons (Fsp3) is 0.571. The maximum absolute atomic E-state index is 6.09. The molecule has 0 bridgehead atoms. The summed E-state index contributed by atoms with van der Waals surface area (Å²) in [6.07, 6.45) is 3.77. The lowest BCUT2D eigenvalue weighted by Gasteiger charge is -2.43. The van der Waals surface area contributed by atoms with E-state index in [-0.39, 0.29) is 5.41 Å². The molecule has 0 aliphatic carbocycles. The van der Waals surface area contributed by atoms with Crippen LogP contribution in [0.2, 0.25) is 5.02 Å². The van der Waals surface area contributed by atoms with Crippen molar-refractivity contribution in [2.45, 2.75) is 30.7 Å². The van der Waals surface area contributed by atoms with Crippen LogP contribution in [-0.2, 0) is 10.2 Å². The monoisotopic (exact) mass is 251 g/mol. The third-order valence-corrected chi connectivity index (χ3v) is 4.23. The topological polar surface area (TPSA) is 21.3 Å². The molecular formula is C14H18ClNO. The first-order chi connectivity index (χ1) is 8.28. The summed E-state index contributed by atoms with van der Waals surface area (Å²) in [7, 11) is 0. The van der Waals surface area contributed by atoms with E-state index in [4.69, 9.17) is 16.3 Å². The predicted octanol–water partition coefficient (Wildman–Crippen LogP) is 2.75. The van der Waals surface area contributed by atoms with E-state index in [1.54, 1.807) is 0 Å². The van der Waals surface area contributed by atoms with E-state index in [2.05, 4.69) is 17.4 Å². The normalized spacial score (nSPS) is 26.8. The Morgan fingerprint density at radius 3 is 2.88 bits per heavy atom. The molecular weight excluding hydrogens is 234 g/mol. The van der Waals surface area contributed by atoms with E-state index < -0.39 is 0 Å². The van der Waals surface area contributed by atoms with Crippen molar-refractivity contribution in [1.82, 2.24) is 5.32 Å². The Bertz CT molecular complexity index is 397. The molecule has 0 aromatic heterocycles. The maximum atomic E-state index is 6.09. The van der Waals surface area contributed by atoms with Crippen molar-refractivity contribution in [1.29, 1.82) is 0 Å². The lowest BCUT2D eigenvalue weighted by Crippen LogP contribution is -2.50. The molecule has 1 aromatic carbocycles. The zero-order valence-electron chi connectivity index (χ0n) is 9.92. The van der Waals surface area contributed by atoms with Crippen LogP contribution in [-0.4, -0.2) is 25.8 Å². The summed E-state index contributed by atoms with van der Waals surface area (Å²) in [5, 5.41) is 4.40. The summed E-state index contributed by atoms with van der Waals surface area (Å²) in [5.74, 6) is 0. The number of hydrogen-bond donors (Lipinski definition) is 1. The van der Waals surface area contributed by atoms with Gasteiger partial charge < -0.3 is 10.1 Å². The Labute approximate surface area is 107 Å². The molecule has 0 spiro atoms. The van der Waals surface area contributed by atoms with Crippen molar-refractivity contribution < 1.29 is 4.74 Å². The molecule has 1 N–H and O–H groups in total. The molecule has 3 heteroatoms. The second kappa shape index (κ2) is 4.60. The lowest BCUT2D eigenvalue weighted by molar-refractivity contribution is -0.0679. The zero-order chi connectivity index (χ0) is 11.7. The molecule has 1 unspecified atom stereocenters. The highest BCUT2D eigenvalue weighted by molar-refractivity contribution is 6.30. The minimum absolute atomic E-state index is 0.201. The maximum Gasteiger partial charge on any atom is 0.0586 e. The van der Waals surface area contributed by atoms with Crippen molar-refractivity contribution in [3.63, 3.8) is 0 Å². The van der Waals surface area contributed by atoms with Crippen LogP contribution >= 0.6 is 11.6 Å². The fourth-order valence-corrected chi connectivity index (χ4v) is 3.16. The average Bonchev–Trinajstić information content (AvgIpc) is 2.76. The van der Waals surface area contributed by atoms with Crippen molar-refractivity contribution in [2.75, 3.05) is 19.8 Å². The van der Waals surface area contributed by atoms with Crippen molar-refractivity contribution in [2.24, 2.45) is 0 Å². The number of nitrogens with one attached hydrogen (secondary N) is 1. The summed E-state index contributed by atoms with van der Waals surface area (Å²) in [6.45, 7) is 2.84. The first kappa shape index (κ1) is 11.5. The molecule has 2 aliphatic rings. The lowest BCUT2D eigenvalue weighted by atomic mass is 9.73. The number of rotatable bonds is 3. The number of hydrogen-bond acceptors (Lipinski definition) is 2. The Balaban J connectivity index is 1.81. The van der Waals surface area contributed by atoms with Gasteiger partial charge in [-0.25, -0.2) is 0 Å². The summed E-state index contributed by atoms with van der Waals surface area (Å²) in [4.78, 5) is 0. The molecule has 1 aromatic rings. The highest BCUT2D eigenvalue weighted by atomic mass is 35.5.